The number of thiophene rings is 1. The number of nitrogens with zero attached hydrogens (tertiary/aromatic N) is 2. The van der Waals surface area contributed by atoms with Gasteiger partial charge in [-0.05, 0) is 42.6 Å². The van der Waals surface area contributed by atoms with Crippen LogP contribution in [0.15, 0.2) is 46.3 Å². The van der Waals surface area contributed by atoms with Crippen molar-refractivity contribution in [2.45, 2.75) is 13.5 Å². The molecule has 0 fully saturated rings. The van der Waals surface area contributed by atoms with Gasteiger partial charge in [-0.3, -0.25) is 0 Å². The number of benzene rings is 1. The van der Waals surface area contributed by atoms with Crippen LogP contribution < -0.4 is 4.74 Å². The highest BCUT2D eigenvalue weighted by Crippen LogP contribution is 2.21. The number of rotatable bonds is 6. The fourth-order valence-electron chi connectivity index (χ4n) is 1.88. The molecule has 3 rings (SSSR count). The molecule has 0 atom stereocenters. The maximum absolute atomic E-state index is 12.0. The van der Waals surface area contributed by atoms with Crippen LogP contribution >= 0.6 is 11.3 Å². The van der Waals surface area contributed by atoms with Crippen LogP contribution in [0.3, 0.4) is 0 Å². The molecule has 0 amide bonds. The Morgan fingerprint density at radius 1 is 1.26 bits per heavy atom. The summed E-state index contributed by atoms with van der Waals surface area (Å²) in [4.78, 5) is 17.1. The van der Waals surface area contributed by atoms with Gasteiger partial charge in [0, 0.05) is 0 Å². The van der Waals surface area contributed by atoms with Crippen molar-refractivity contribution in [3.8, 4) is 16.5 Å². The fraction of sp³-hybridized carbons (Fsp3) is 0.188. The van der Waals surface area contributed by atoms with Crippen molar-refractivity contribution in [1.82, 2.24) is 10.1 Å². The standard InChI is InChI=1S/C16H14N2O4S/c1-2-20-12-7-5-11(6-8-12)16(19)21-10-14-17-15(18-22-14)13-4-3-9-23-13/h3-9H,2,10H2,1H3. The molecule has 0 aliphatic carbocycles. The molecule has 2 heterocycles. The number of hydrogen-bond donors (Lipinski definition) is 0. The van der Waals surface area contributed by atoms with Crippen LogP contribution in [-0.2, 0) is 11.3 Å². The molecule has 2 aromatic heterocycles. The van der Waals surface area contributed by atoms with Gasteiger partial charge in [-0.1, -0.05) is 11.2 Å². The fourth-order valence-corrected chi connectivity index (χ4v) is 2.53. The van der Waals surface area contributed by atoms with Crippen LogP contribution in [-0.4, -0.2) is 22.7 Å². The molecular weight excluding hydrogens is 316 g/mol. The lowest BCUT2D eigenvalue weighted by Gasteiger charge is -2.04. The summed E-state index contributed by atoms with van der Waals surface area (Å²) in [6.07, 6.45) is 0. The van der Waals surface area contributed by atoms with E-state index in [2.05, 4.69) is 10.1 Å². The Labute approximate surface area is 136 Å². The van der Waals surface area contributed by atoms with E-state index in [1.54, 1.807) is 24.3 Å². The average molecular weight is 330 g/mol. The third kappa shape index (κ3) is 3.75. The summed E-state index contributed by atoms with van der Waals surface area (Å²) in [6.45, 7) is 2.41. The monoisotopic (exact) mass is 330 g/mol. The summed E-state index contributed by atoms with van der Waals surface area (Å²) in [5, 5.41) is 5.79. The van der Waals surface area contributed by atoms with Crippen molar-refractivity contribution in [3.63, 3.8) is 0 Å². The highest BCUT2D eigenvalue weighted by Gasteiger charge is 2.13. The number of hydrogen-bond acceptors (Lipinski definition) is 7. The second-order valence-corrected chi connectivity index (χ2v) is 5.47. The van der Waals surface area contributed by atoms with Gasteiger partial charge in [0.25, 0.3) is 5.89 Å². The first kappa shape index (κ1) is 15.2. The van der Waals surface area contributed by atoms with Crippen molar-refractivity contribution >= 4 is 17.3 Å². The van der Waals surface area contributed by atoms with E-state index in [1.165, 1.54) is 11.3 Å². The maximum Gasteiger partial charge on any atom is 0.338 e. The van der Waals surface area contributed by atoms with E-state index in [4.69, 9.17) is 14.0 Å². The van der Waals surface area contributed by atoms with E-state index in [9.17, 15) is 4.79 Å². The van der Waals surface area contributed by atoms with Crippen LogP contribution in [0.2, 0.25) is 0 Å². The molecule has 0 N–H and O–H groups in total. The minimum absolute atomic E-state index is 0.0651. The Hall–Kier alpha value is -2.67. The molecule has 0 saturated carbocycles. The molecule has 23 heavy (non-hydrogen) atoms. The average Bonchev–Trinajstić information content (AvgIpc) is 3.25. The second kappa shape index (κ2) is 7.06. The summed E-state index contributed by atoms with van der Waals surface area (Å²) in [5.74, 6) is 1.00. The minimum atomic E-state index is -0.455. The zero-order chi connectivity index (χ0) is 16.1. The largest absolute Gasteiger partial charge is 0.494 e. The lowest BCUT2D eigenvalue weighted by Crippen LogP contribution is -2.05. The Balaban J connectivity index is 1.58. The van der Waals surface area contributed by atoms with E-state index in [0.29, 0.717) is 23.7 Å². The van der Waals surface area contributed by atoms with Gasteiger partial charge in [0.2, 0.25) is 5.82 Å². The predicted molar refractivity (Wildman–Crippen MR) is 84.3 cm³/mol. The van der Waals surface area contributed by atoms with Gasteiger partial charge in [0.05, 0.1) is 17.0 Å². The number of esters is 1. The molecule has 1 aromatic carbocycles. The molecule has 118 valence electrons. The van der Waals surface area contributed by atoms with Gasteiger partial charge >= 0.3 is 5.97 Å². The summed E-state index contributed by atoms with van der Waals surface area (Å²) in [7, 11) is 0. The SMILES string of the molecule is CCOc1ccc(C(=O)OCc2nc(-c3cccs3)no2)cc1. The van der Waals surface area contributed by atoms with Crippen LogP contribution in [0.5, 0.6) is 5.75 Å². The van der Waals surface area contributed by atoms with Gasteiger partial charge < -0.3 is 14.0 Å². The molecule has 0 aliphatic rings. The van der Waals surface area contributed by atoms with Crippen molar-refractivity contribution in [2.24, 2.45) is 0 Å². The number of carbonyl (C=O) groups excluding carboxylic acids is 1. The molecule has 0 unspecified atom stereocenters. The van der Waals surface area contributed by atoms with E-state index in [0.717, 1.165) is 4.88 Å². The van der Waals surface area contributed by atoms with Crippen molar-refractivity contribution < 1.29 is 18.8 Å². The Morgan fingerprint density at radius 3 is 2.78 bits per heavy atom. The summed E-state index contributed by atoms with van der Waals surface area (Å²) in [6, 6.07) is 10.5. The summed E-state index contributed by atoms with van der Waals surface area (Å²) >= 11 is 1.51. The van der Waals surface area contributed by atoms with Crippen molar-refractivity contribution in [2.75, 3.05) is 6.61 Å². The Morgan fingerprint density at radius 2 is 2.09 bits per heavy atom. The van der Waals surface area contributed by atoms with Crippen LogP contribution in [0.4, 0.5) is 0 Å². The molecule has 0 aliphatic heterocycles. The molecular formula is C16H14N2O4S. The van der Waals surface area contributed by atoms with Gasteiger partial charge in [-0.15, -0.1) is 11.3 Å². The normalized spacial score (nSPS) is 10.5. The zero-order valence-corrected chi connectivity index (χ0v) is 13.2. The number of aromatic nitrogens is 2. The third-order valence-corrected chi connectivity index (χ3v) is 3.80. The predicted octanol–water partition coefficient (Wildman–Crippen LogP) is 3.55. The molecule has 7 heteroatoms. The highest BCUT2D eigenvalue weighted by atomic mass is 32.1. The van der Waals surface area contributed by atoms with Crippen LogP contribution in [0, 0.1) is 0 Å². The highest BCUT2D eigenvalue weighted by molar-refractivity contribution is 7.13. The smallest absolute Gasteiger partial charge is 0.338 e. The molecule has 3 aromatic rings. The van der Waals surface area contributed by atoms with Crippen LogP contribution in [0.25, 0.3) is 10.7 Å². The van der Waals surface area contributed by atoms with Gasteiger partial charge in [0.1, 0.15) is 5.75 Å². The maximum atomic E-state index is 12.0. The van der Waals surface area contributed by atoms with E-state index >= 15 is 0 Å². The van der Waals surface area contributed by atoms with Gasteiger partial charge in [-0.25, -0.2) is 4.79 Å². The lowest BCUT2D eigenvalue weighted by atomic mass is 10.2. The number of ether oxygens (including phenoxy) is 2. The summed E-state index contributed by atoms with van der Waals surface area (Å²) in [5.41, 5.74) is 0.437. The first-order chi connectivity index (χ1) is 11.3. The van der Waals surface area contributed by atoms with Crippen LogP contribution in [0.1, 0.15) is 23.2 Å². The molecule has 0 bridgehead atoms. The molecule has 6 nitrogen and oxygen atoms in total. The molecule has 0 spiro atoms. The van der Waals surface area contributed by atoms with Gasteiger partial charge in [0.15, 0.2) is 6.61 Å². The van der Waals surface area contributed by atoms with Crippen molar-refractivity contribution in [1.29, 1.82) is 0 Å². The second-order valence-electron chi connectivity index (χ2n) is 4.52. The van der Waals surface area contributed by atoms with E-state index < -0.39 is 5.97 Å². The number of carbonyl (C=O) groups is 1. The molecule has 0 saturated heterocycles. The topological polar surface area (TPSA) is 74.5 Å². The first-order valence-corrected chi connectivity index (χ1v) is 7.90. The quantitative estimate of drug-likeness (QED) is 0.643. The first-order valence-electron chi connectivity index (χ1n) is 7.02. The van der Waals surface area contributed by atoms with E-state index in [1.807, 2.05) is 24.4 Å². The lowest BCUT2D eigenvalue weighted by molar-refractivity contribution is 0.0430. The summed E-state index contributed by atoms with van der Waals surface area (Å²) < 4.78 is 15.6. The van der Waals surface area contributed by atoms with Crippen molar-refractivity contribution in [3.05, 3.63) is 53.2 Å². The zero-order valence-electron chi connectivity index (χ0n) is 12.4. The Bertz CT molecular complexity index is 766. The van der Waals surface area contributed by atoms with E-state index in [-0.39, 0.29) is 12.5 Å². The van der Waals surface area contributed by atoms with Gasteiger partial charge in [-0.2, -0.15) is 4.98 Å². The molecule has 0 radical (unpaired) electrons. The minimum Gasteiger partial charge on any atom is -0.494 e. The Kier molecular flexibility index (Phi) is 4.68. The third-order valence-electron chi connectivity index (χ3n) is 2.94.